The highest BCUT2D eigenvalue weighted by molar-refractivity contribution is 7.75. The van der Waals surface area contributed by atoms with E-state index in [4.69, 9.17) is 0 Å². The summed E-state index contributed by atoms with van der Waals surface area (Å²) in [5, 5.41) is 3.58. The third-order valence-electron chi connectivity index (χ3n) is 1.44. The first kappa shape index (κ1) is 9.06. The van der Waals surface area contributed by atoms with E-state index >= 15 is 0 Å². The second-order valence-corrected chi connectivity index (χ2v) is 2.43. The van der Waals surface area contributed by atoms with Crippen molar-refractivity contribution < 1.29 is 8.67 Å². The zero-order valence-electron chi connectivity index (χ0n) is 6.49. The Bertz CT molecular complexity index is 284. The summed E-state index contributed by atoms with van der Waals surface area (Å²) in [6, 6.07) is 5.99. The number of nitrogens with zero attached hydrogens (tertiary/aromatic N) is 1. The molecule has 0 saturated heterocycles. The van der Waals surface area contributed by atoms with E-state index < -0.39 is 0 Å². The van der Waals surface area contributed by atoms with Crippen LogP contribution in [-0.2, 0) is 4.28 Å². The lowest BCUT2D eigenvalue weighted by Gasteiger charge is -1.97. The standard InChI is InChI=1S/C8H8FNOS/c1-6(10-11-12)7-2-4-8(9)5-3-7/h2-5,12H,1H3/b10-6-. The second-order valence-electron chi connectivity index (χ2n) is 2.27. The minimum absolute atomic E-state index is 0.265. The maximum Gasteiger partial charge on any atom is 0.123 e. The third kappa shape index (κ3) is 2.23. The Morgan fingerprint density at radius 1 is 1.42 bits per heavy atom. The van der Waals surface area contributed by atoms with Gasteiger partial charge < -0.3 is 4.28 Å². The van der Waals surface area contributed by atoms with Crippen LogP contribution in [0.1, 0.15) is 12.5 Å². The lowest BCUT2D eigenvalue weighted by molar-refractivity contribution is 0.414. The van der Waals surface area contributed by atoms with Gasteiger partial charge in [0.25, 0.3) is 0 Å². The second kappa shape index (κ2) is 4.11. The summed E-state index contributed by atoms with van der Waals surface area (Å²) in [7, 11) is 0. The molecule has 0 unspecified atom stereocenters. The Labute approximate surface area is 75.7 Å². The summed E-state index contributed by atoms with van der Waals surface area (Å²) in [6.45, 7) is 1.75. The molecule has 0 atom stereocenters. The topological polar surface area (TPSA) is 21.6 Å². The molecule has 0 heterocycles. The van der Waals surface area contributed by atoms with Crippen LogP contribution in [-0.4, -0.2) is 5.71 Å². The van der Waals surface area contributed by atoms with Crippen LogP contribution in [0.4, 0.5) is 4.39 Å². The molecule has 2 nitrogen and oxygen atoms in total. The molecule has 1 rings (SSSR count). The monoisotopic (exact) mass is 185 g/mol. The van der Waals surface area contributed by atoms with Crippen molar-refractivity contribution >= 4 is 18.6 Å². The van der Waals surface area contributed by atoms with Gasteiger partial charge in [-0.3, -0.25) is 0 Å². The molecule has 64 valence electrons. The number of oxime groups is 1. The zero-order chi connectivity index (χ0) is 8.97. The van der Waals surface area contributed by atoms with Gasteiger partial charge in [0.1, 0.15) is 5.82 Å². The van der Waals surface area contributed by atoms with E-state index in [2.05, 4.69) is 22.3 Å². The molecule has 0 aromatic heterocycles. The lowest BCUT2D eigenvalue weighted by Crippen LogP contribution is -1.93. The number of halogens is 1. The molecule has 0 aliphatic rings. The number of thiol groups is 1. The molecule has 0 aliphatic heterocycles. The first-order valence-corrected chi connectivity index (χ1v) is 3.71. The summed E-state index contributed by atoms with van der Waals surface area (Å²) < 4.78 is 16.7. The van der Waals surface area contributed by atoms with Gasteiger partial charge in [-0.1, -0.05) is 17.3 Å². The van der Waals surface area contributed by atoms with Crippen molar-refractivity contribution in [2.24, 2.45) is 5.16 Å². The molecule has 1 aromatic rings. The number of hydrogen-bond donors (Lipinski definition) is 1. The molecule has 1 aromatic carbocycles. The van der Waals surface area contributed by atoms with Crippen molar-refractivity contribution in [3.8, 4) is 0 Å². The summed E-state index contributed by atoms with van der Waals surface area (Å²) in [5.41, 5.74) is 1.47. The van der Waals surface area contributed by atoms with E-state index in [1.165, 1.54) is 12.1 Å². The van der Waals surface area contributed by atoms with Crippen LogP contribution >= 0.6 is 12.9 Å². The summed E-state index contributed by atoms with van der Waals surface area (Å²) in [6.07, 6.45) is 0. The van der Waals surface area contributed by atoms with E-state index in [0.29, 0.717) is 5.71 Å². The van der Waals surface area contributed by atoms with Crippen LogP contribution in [0.15, 0.2) is 29.4 Å². The maximum absolute atomic E-state index is 12.4. The van der Waals surface area contributed by atoms with E-state index in [-0.39, 0.29) is 5.82 Å². The van der Waals surface area contributed by atoms with Gasteiger partial charge in [-0.15, -0.1) is 0 Å². The van der Waals surface area contributed by atoms with Gasteiger partial charge in [-0.05, 0) is 24.6 Å². The smallest absolute Gasteiger partial charge is 0.123 e. The Morgan fingerprint density at radius 3 is 2.50 bits per heavy atom. The molecule has 0 fully saturated rings. The van der Waals surface area contributed by atoms with Crippen LogP contribution in [0.5, 0.6) is 0 Å². The maximum atomic E-state index is 12.4. The number of rotatable bonds is 2. The van der Waals surface area contributed by atoms with Crippen LogP contribution in [0.25, 0.3) is 0 Å². The van der Waals surface area contributed by atoms with Gasteiger partial charge in [-0.2, -0.15) is 0 Å². The Balaban J connectivity index is 2.89. The summed E-state index contributed by atoms with van der Waals surface area (Å²) >= 11 is 3.47. The number of benzene rings is 1. The minimum Gasteiger partial charge on any atom is -0.325 e. The van der Waals surface area contributed by atoms with Crippen molar-refractivity contribution in [1.82, 2.24) is 0 Å². The van der Waals surface area contributed by atoms with Crippen molar-refractivity contribution in [2.75, 3.05) is 0 Å². The molecule has 12 heavy (non-hydrogen) atoms. The highest BCUT2D eigenvalue weighted by Gasteiger charge is 1.97. The van der Waals surface area contributed by atoms with Gasteiger partial charge in [0.15, 0.2) is 0 Å². The first-order chi connectivity index (χ1) is 5.74. The molecule has 0 aliphatic carbocycles. The van der Waals surface area contributed by atoms with Gasteiger partial charge in [-0.25, -0.2) is 4.39 Å². The normalized spacial score (nSPS) is 11.4. The van der Waals surface area contributed by atoms with Gasteiger partial charge >= 0.3 is 0 Å². The fourth-order valence-corrected chi connectivity index (χ4v) is 0.928. The molecule has 0 bridgehead atoms. The lowest BCUT2D eigenvalue weighted by atomic mass is 10.1. The van der Waals surface area contributed by atoms with Crippen molar-refractivity contribution in [3.05, 3.63) is 35.6 Å². The van der Waals surface area contributed by atoms with Gasteiger partial charge in [0.2, 0.25) is 0 Å². The molecular formula is C8H8FNOS. The first-order valence-electron chi connectivity index (χ1n) is 3.35. The molecular weight excluding hydrogens is 177 g/mol. The predicted octanol–water partition coefficient (Wildman–Crippen LogP) is 2.41. The predicted molar refractivity (Wildman–Crippen MR) is 48.7 cm³/mol. The SMILES string of the molecule is C/C(=N/OS)c1ccc(F)cc1. The average Bonchev–Trinajstić information content (AvgIpc) is 2.06. The Hall–Kier alpha value is -1.03. The zero-order valence-corrected chi connectivity index (χ0v) is 7.38. The molecule has 0 spiro atoms. The van der Waals surface area contributed by atoms with E-state index in [1.807, 2.05) is 0 Å². The van der Waals surface area contributed by atoms with E-state index in [1.54, 1.807) is 19.1 Å². The number of hydrogen-bond acceptors (Lipinski definition) is 3. The summed E-state index contributed by atoms with van der Waals surface area (Å²) in [5.74, 6) is -0.265. The van der Waals surface area contributed by atoms with Gasteiger partial charge in [0.05, 0.1) is 18.6 Å². The van der Waals surface area contributed by atoms with Crippen LogP contribution in [0.3, 0.4) is 0 Å². The van der Waals surface area contributed by atoms with E-state index in [0.717, 1.165) is 5.56 Å². The van der Waals surface area contributed by atoms with Crippen molar-refractivity contribution in [3.63, 3.8) is 0 Å². The van der Waals surface area contributed by atoms with E-state index in [9.17, 15) is 4.39 Å². The van der Waals surface area contributed by atoms with Crippen LogP contribution in [0.2, 0.25) is 0 Å². The summed E-state index contributed by atoms with van der Waals surface area (Å²) in [4.78, 5) is 0. The third-order valence-corrected chi connectivity index (χ3v) is 1.52. The quantitative estimate of drug-likeness (QED) is 0.325. The van der Waals surface area contributed by atoms with Crippen LogP contribution < -0.4 is 0 Å². The molecule has 4 heteroatoms. The molecule has 0 radical (unpaired) electrons. The largest absolute Gasteiger partial charge is 0.325 e. The average molecular weight is 185 g/mol. The Morgan fingerprint density at radius 2 is 2.00 bits per heavy atom. The van der Waals surface area contributed by atoms with Crippen molar-refractivity contribution in [2.45, 2.75) is 6.92 Å². The van der Waals surface area contributed by atoms with Crippen LogP contribution in [0, 0.1) is 5.82 Å². The highest BCUT2D eigenvalue weighted by Crippen LogP contribution is 2.04. The Kier molecular flexibility index (Phi) is 3.10. The molecule has 0 amide bonds. The van der Waals surface area contributed by atoms with Gasteiger partial charge in [0, 0.05) is 0 Å². The highest BCUT2D eigenvalue weighted by atomic mass is 32.1. The fraction of sp³-hybridized carbons (Fsp3) is 0.125. The molecule has 0 N–H and O–H groups in total. The van der Waals surface area contributed by atoms with Crippen molar-refractivity contribution in [1.29, 1.82) is 0 Å². The fourth-order valence-electron chi connectivity index (χ4n) is 0.805. The minimum atomic E-state index is -0.265. The molecule has 0 saturated carbocycles.